The number of aromatic nitrogens is 3. The van der Waals surface area contributed by atoms with Crippen LogP contribution in [0.4, 0.5) is 0 Å². The van der Waals surface area contributed by atoms with Crippen LogP contribution in [0.15, 0.2) is 6.33 Å². The highest BCUT2D eigenvalue weighted by Gasteiger charge is 2.20. The molecule has 0 saturated heterocycles. The molecule has 20 heavy (non-hydrogen) atoms. The van der Waals surface area contributed by atoms with Gasteiger partial charge in [0.05, 0.1) is 46.1 Å². The molecule has 0 radical (unpaired) electrons. The van der Waals surface area contributed by atoms with E-state index in [1.54, 1.807) is 13.4 Å². The Bertz CT molecular complexity index is 368. The van der Waals surface area contributed by atoms with Crippen molar-refractivity contribution >= 4 is 0 Å². The molecule has 1 aliphatic carbocycles. The van der Waals surface area contributed by atoms with Gasteiger partial charge in [-0.25, -0.2) is 4.98 Å². The van der Waals surface area contributed by atoms with Gasteiger partial charge in [0.25, 0.3) is 0 Å². The summed E-state index contributed by atoms with van der Waals surface area (Å²) in [6.07, 6.45) is 4.31. The molecule has 1 aromatic heterocycles. The Hall–Kier alpha value is -1.02. The van der Waals surface area contributed by atoms with Crippen LogP contribution in [-0.2, 0) is 27.3 Å². The smallest absolute Gasteiger partial charge is 0.164 e. The lowest BCUT2D eigenvalue weighted by molar-refractivity contribution is 0.0225. The van der Waals surface area contributed by atoms with Crippen molar-refractivity contribution in [2.75, 3.05) is 40.1 Å². The van der Waals surface area contributed by atoms with Crippen LogP contribution in [0.1, 0.15) is 18.7 Å². The van der Waals surface area contributed by atoms with E-state index < -0.39 is 0 Å². The van der Waals surface area contributed by atoms with E-state index in [-0.39, 0.29) is 0 Å². The third kappa shape index (κ3) is 6.42. The van der Waals surface area contributed by atoms with Crippen molar-refractivity contribution in [1.82, 2.24) is 20.1 Å². The fourth-order valence-corrected chi connectivity index (χ4v) is 1.67. The van der Waals surface area contributed by atoms with Crippen molar-refractivity contribution in [3.05, 3.63) is 12.2 Å². The summed E-state index contributed by atoms with van der Waals surface area (Å²) in [7, 11) is 1.66. The second-order valence-electron chi connectivity index (χ2n) is 4.80. The van der Waals surface area contributed by atoms with Gasteiger partial charge in [-0.15, -0.1) is 0 Å². The molecule has 1 heterocycles. The van der Waals surface area contributed by atoms with Crippen LogP contribution >= 0.6 is 0 Å². The molecular formula is C13H24N4O3. The Balaban J connectivity index is 1.46. The number of methoxy groups -OCH3 is 1. The van der Waals surface area contributed by atoms with Crippen molar-refractivity contribution in [1.29, 1.82) is 0 Å². The van der Waals surface area contributed by atoms with Crippen molar-refractivity contribution in [2.45, 2.75) is 32.0 Å². The first-order valence-corrected chi connectivity index (χ1v) is 7.14. The average molecular weight is 284 g/mol. The lowest BCUT2D eigenvalue weighted by Gasteiger charge is -2.05. The molecule has 1 aliphatic rings. The normalized spacial score (nSPS) is 14.8. The van der Waals surface area contributed by atoms with E-state index >= 15 is 0 Å². The first-order valence-electron chi connectivity index (χ1n) is 7.14. The van der Waals surface area contributed by atoms with Crippen LogP contribution in [0.25, 0.3) is 0 Å². The van der Waals surface area contributed by atoms with E-state index in [1.807, 2.05) is 4.68 Å². The van der Waals surface area contributed by atoms with Gasteiger partial charge in [-0.05, 0) is 12.8 Å². The molecule has 0 amide bonds. The Labute approximate surface area is 119 Å². The molecule has 0 aromatic carbocycles. The molecule has 2 rings (SSSR count). The Morgan fingerprint density at radius 3 is 2.70 bits per heavy atom. The maximum atomic E-state index is 5.47. The molecule has 0 atom stereocenters. The molecule has 1 saturated carbocycles. The zero-order valence-corrected chi connectivity index (χ0v) is 12.1. The van der Waals surface area contributed by atoms with Gasteiger partial charge in [0, 0.05) is 13.2 Å². The first-order chi connectivity index (χ1) is 9.88. The van der Waals surface area contributed by atoms with Crippen molar-refractivity contribution in [3.63, 3.8) is 0 Å². The largest absolute Gasteiger partial charge is 0.382 e. The third-order valence-electron chi connectivity index (χ3n) is 2.98. The van der Waals surface area contributed by atoms with Crippen LogP contribution < -0.4 is 5.32 Å². The molecule has 1 fully saturated rings. The van der Waals surface area contributed by atoms with E-state index in [1.165, 1.54) is 12.8 Å². The zero-order valence-electron chi connectivity index (χ0n) is 12.1. The van der Waals surface area contributed by atoms with Gasteiger partial charge < -0.3 is 19.5 Å². The summed E-state index contributed by atoms with van der Waals surface area (Å²) in [6.45, 7) is 4.51. The maximum absolute atomic E-state index is 5.47. The van der Waals surface area contributed by atoms with E-state index in [9.17, 15) is 0 Å². The number of nitrogens with one attached hydrogen (secondary N) is 1. The SMILES string of the molecule is COCCOCCOCCn1cnc(CNC2CC2)n1. The van der Waals surface area contributed by atoms with Crippen LogP contribution in [0, 0.1) is 0 Å². The van der Waals surface area contributed by atoms with E-state index in [4.69, 9.17) is 14.2 Å². The summed E-state index contributed by atoms with van der Waals surface area (Å²) in [4.78, 5) is 4.26. The molecular weight excluding hydrogens is 260 g/mol. The summed E-state index contributed by atoms with van der Waals surface area (Å²) in [5.74, 6) is 0.847. The van der Waals surface area contributed by atoms with Crippen molar-refractivity contribution < 1.29 is 14.2 Å². The summed E-state index contributed by atoms with van der Waals surface area (Å²) in [6, 6.07) is 0.684. The minimum Gasteiger partial charge on any atom is -0.382 e. The topological polar surface area (TPSA) is 70.4 Å². The summed E-state index contributed by atoms with van der Waals surface area (Å²) >= 11 is 0. The van der Waals surface area contributed by atoms with Gasteiger partial charge in [0.2, 0.25) is 0 Å². The van der Waals surface area contributed by atoms with Gasteiger partial charge >= 0.3 is 0 Å². The number of hydrogen-bond donors (Lipinski definition) is 1. The van der Waals surface area contributed by atoms with Gasteiger partial charge in [-0.2, -0.15) is 5.10 Å². The second kappa shape index (κ2) is 9.02. The minimum atomic E-state index is 0.592. The highest BCUT2D eigenvalue weighted by atomic mass is 16.5. The molecule has 1 aromatic rings. The number of ether oxygens (including phenoxy) is 3. The molecule has 0 spiro atoms. The number of hydrogen-bond acceptors (Lipinski definition) is 6. The van der Waals surface area contributed by atoms with Gasteiger partial charge in [-0.1, -0.05) is 0 Å². The van der Waals surface area contributed by atoms with Gasteiger partial charge in [0.15, 0.2) is 5.82 Å². The summed E-state index contributed by atoms with van der Waals surface area (Å²) < 4.78 is 17.5. The Kier molecular flexibility index (Phi) is 6.93. The molecule has 1 N–H and O–H groups in total. The first kappa shape index (κ1) is 15.4. The van der Waals surface area contributed by atoms with Crippen LogP contribution in [-0.4, -0.2) is 61.0 Å². The monoisotopic (exact) mass is 284 g/mol. The molecule has 0 aliphatic heterocycles. The van der Waals surface area contributed by atoms with Crippen molar-refractivity contribution in [2.24, 2.45) is 0 Å². The Morgan fingerprint density at radius 1 is 1.20 bits per heavy atom. The Morgan fingerprint density at radius 2 is 1.95 bits per heavy atom. The molecule has 7 nitrogen and oxygen atoms in total. The van der Waals surface area contributed by atoms with E-state index in [0.717, 1.165) is 12.4 Å². The van der Waals surface area contributed by atoms with E-state index in [0.29, 0.717) is 45.6 Å². The lowest BCUT2D eigenvalue weighted by Crippen LogP contribution is -2.17. The predicted molar refractivity (Wildman–Crippen MR) is 73.4 cm³/mol. The average Bonchev–Trinajstić information content (AvgIpc) is 3.18. The molecule has 0 bridgehead atoms. The summed E-state index contributed by atoms with van der Waals surface area (Å²) in [5.41, 5.74) is 0. The van der Waals surface area contributed by atoms with Crippen LogP contribution in [0.3, 0.4) is 0 Å². The fourth-order valence-electron chi connectivity index (χ4n) is 1.67. The minimum absolute atomic E-state index is 0.592. The highest BCUT2D eigenvalue weighted by molar-refractivity contribution is 4.86. The fraction of sp³-hybridized carbons (Fsp3) is 0.846. The summed E-state index contributed by atoms with van der Waals surface area (Å²) in [5, 5.41) is 7.77. The second-order valence-corrected chi connectivity index (χ2v) is 4.80. The predicted octanol–water partition coefficient (Wildman–Crippen LogP) is 0.210. The highest BCUT2D eigenvalue weighted by Crippen LogP contribution is 2.18. The quantitative estimate of drug-likeness (QED) is 0.553. The molecule has 7 heteroatoms. The zero-order chi connectivity index (χ0) is 14.0. The van der Waals surface area contributed by atoms with Crippen molar-refractivity contribution in [3.8, 4) is 0 Å². The molecule has 0 unspecified atom stereocenters. The van der Waals surface area contributed by atoms with Gasteiger partial charge in [0.1, 0.15) is 6.33 Å². The van der Waals surface area contributed by atoms with E-state index in [2.05, 4.69) is 15.4 Å². The molecule has 114 valence electrons. The maximum Gasteiger partial charge on any atom is 0.164 e. The number of rotatable bonds is 12. The third-order valence-corrected chi connectivity index (χ3v) is 2.98. The van der Waals surface area contributed by atoms with Crippen LogP contribution in [0.5, 0.6) is 0 Å². The standard InChI is InChI=1S/C13H24N4O3/c1-18-6-7-20-9-8-19-5-4-17-11-15-13(16-17)10-14-12-2-3-12/h11-12,14H,2-10H2,1H3. The van der Waals surface area contributed by atoms with Crippen LogP contribution in [0.2, 0.25) is 0 Å². The lowest BCUT2D eigenvalue weighted by atomic mass is 10.5. The number of nitrogens with zero attached hydrogens (tertiary/aromatic N) is 3. The van der Waals surface area contributed by atoms with Gasteiger partial charge in [-0.3, -0.25) is 4.68 Å².